The number of amides is 1. The average Bonchev–Trinajstić information content (AvgIpc) is 2.96. The van der Waals surface area contributed by atoms with Gasteiger partial charge in [0.1, 0.15) is 16.3 Å². The monoisotopic (exact) mass is 331 g/mol. The van der Waals surface area contributed by atoms with Crippen LogP contribution in [0.4, 0.5) is 4.39 Å². The largest absolute Gasteiger partial charge is 0.338 e. The van der Waals surface area contributed by atoms with Gasteiger partial charge in [0.15, 0.2) is 0 Å². The number of rotatable bonds is 4. The molecule has 0 saturated carbocycles. The first-order chi connectivity index (χ1) is 11.0. The molecule has 1 N–H and O–H groups in total. The second-order valence-electron chi connectivity index (χ2n) is 5.20. The molecule has 5 nitrogen and oxygen atoms in total. The summed E-state index contributed by atoms with van der Waals surface area (Å²) in [6, 6.07) is 7.72. The van der Waals surface area contributed by atoms with Crippen molar-refractivity contribution < 1.29 is 9.18 Å². The highest BCUT2D eigenvalue weighted by Crippen LogP contribution is 2.14. The van der Waals surface area contributed by atoms with Gasteiger partial charge in [0, 0.05) is 7.05 Å². The number of hydrogen-bond donors (Lipinski definition) is 1. The summed E-state index contributed by atoms with van der Waals surface area (Å²) in [6.07, 6.45) is 0.0964. The Morgan fingerprint density at radius 1 is 1.39 bits per heavy atom. The fraction of sp³-hybridized carbons (Fsp3) is 0.188. The molecule has 3 aromatic rings. The van der Waals surface area contributed by atoms with E-state index in [1.54, 1.807) is 30.6 Å². The minimum atomic E-state index is -0.369. The summed E-state index contributed by atoms with van der Waals surface area (Å²) >= 11 is 1.33. The maximum atomic E-state index is 13.2. The molecule has 1 aromatic carbocycles. The van der Waals surface area contributed by atoms with Crippen LogP contribution in [-0.2, 0) is 17.8 Å². The summed E-state index contributed by atoms with van der Waals surface area (Å²) in [5.74, 6) is -0.119. The van der Waals surface area contributed by atoms with Crippen LogP contribution in [0, 0.1) is 5.82 Å². The Balaban J connectivity index is 1.73. The molecule has 0 atom stereocenters. The van der Waals surface area contributed by atoms with E-state index in [1.165, 1.54) is 28.4 Å². The topological polar surface area (TPSA) is 66.1 Å². The summed E-state index contributed by atoms with van der Waals surface area (Å²) in [5.41, 5.74) is 1.03. The van der Waals surface area contributed by atoms with E-state index in [-0.39, 0.29) is 30.2 Å². The van der Waals surface area contributed by atoms with E-state index in [9.17, 15) is 14.0 Å². The maximum absolute atomic E-state index is 13.2. The van der Waals surface area contributed by atoms with Crippen LogP contribution in [0.5, 0.6) is 0 Å². The van der Waals surface area contributed by atoms with Crippen molar-refractivity contribution >= 4 is 27.5 Å². The third-order valence-electron chi connectivity index (χ3n) is 3.42. The zero-order chi connectivity index (χ0) is 16.4. The number of aromatic amines is 1. The lowest BCUT2D eigenvalue weighted by molar-refractivity contribution is -0.129. The fourth-order valence-electron chi connectivity index (χ4n) is 2.27. The number of carbonyl (C=O) groups is 1. The summed E-state index contributed by atoms with van der Waals surface area (Å²) in [5, 5.41) is 1.80. The van der Waals surface area contributed by atoms with E-state index in [0.717, 1.165) is 0 Å². The zero-order valence-electron chi connectivity index (χ0n) is 12.4. The van der Waals surface area contributed by atoms with Gasteiger partial charge in [0.2, 0.25) is 5.91 Å². The molecule has 0 spiro atoms. The van der Waals surface area contributed by atoms with Gasteiger partial charge in [-0.25, -0.2) is 9.37 Å². The molecule has 118 valence electrons. The lowest BCUT2D eigenvalue weighted by Crippen LogP contribution is -2.29. The third-order valence-corrected chi connectivity index (χ3v) is 4.32. The lowest BCUT2D eigenvalue weighted by Gasteiger charge is -2.16. The molecule has 0 bridgehead atoms. The number of nitrogens with one attached hydrogen (secondary N) is 1. The van der Waals surface area contributed by atoms with Crippen LogP contribution in [0.25, 0.3) is 10.2 Å². The van der Waals surface area contributed by atoms with Gasteiger partial charge in [-0.15, -0.1) is 11.3 Å². The quantitative estimate of drug-likeness (QED) is 0.798. The van der Waals surface area contributed by atoms with Crippen LogP contribution in [0.3, 0.4) is 0 Å². The molecule has 1 amide bonds. The summed E-state index contributed by atoms with van der Waals surface area (Å²) in [7, 11) is 1.62. The van der Waals surface area contributed by atoms with Crippen molar-refractivity contribution in [1.82, 2.24) is 14.9 Å². The van der Waals surface area contributed by atoms with Gasteiger partial charge in [-0.1, -0.05) is 12.1 Å². The highest BCUT2D eigenvalue weighted by molar-refractivity contribution is 7.17. The first-order valence-electron chi connectivity index (χ1n) is 6.98. The smallest absolute Gasteiger partial charge is 0.268 e. The summed E-state index contributed by atoms with van der Waals surface area (Å²) in [4.78, 5) is 32.6. The van der Waals surface area contributed by atoms with Crippen LogP contribution in [0.15, 0.2) is 40.5 Å². The van der Waals surface area contributed by atoms with E-state index in [0.29, 0.717) is 21.6 Å². The number of H-pyrrole nitrogens is 1. The van der Waals surface area contributed by atoms with E-state index in [4.69, 9.17) is 0 Å². The van der Waals surface area contributed by atoms with Gasteiger partial charge in [-0.2, -0.15) is 0 Å². The van der Waals surface area contributed by atoms with Gasteiger partial charge < -0.3 is 9.88 Å². The summed E-state index contributed by atoms with van der Waals surface area (Å²) < 4.78 is 13.7. The Morgan fingerprint density at radius 3 is 3.00 bits per heavy atom. The van der Waals surface area contributed by atoms with Crippen molar-refractivity contribution in [1.29, 1.82) is 0 Å². The molecular weight excluding hydrogens is 317 g/mol. The van der Waals surface area contributed by atoms with Crippen molar-refractivity contribution in [3.63, 3.8) is 0 Å². The number of hydrogen-bond acceptors (Lipinski definition) is 4. The third kappa shape index (κ3) is 3.45. The van der Waals surface area contributed by atoms with E-state index >= 15 is 0 Å². The van der Waals surface area contributed by atoms with Crippen LogP contribution in [-0.4, -0.2) is 27.8 Å². The summed E-state index contributed by atoms with van der Waals surface area (Å²) in [6.45, 7) is 0.190. The highest BCUT2D eigenvalue weighted by atomic mass is 32.1. The molecule has 0 aliphatic carbocycles. The molecule has 3 rings (SSSR count). The van der Waals surface area contributed by atoms with Crippen molar-refractivity contribution in [2.45, 2.75) is 13.0 Å². The minimum absolute atomic E-state index is 0.0964. The number of benzene rings is 1. The molecule has 2 heterocycles. The Kier molecular flexibility index (Phi) is 4.20. The lowest BCUT2D eigenvalue weighted by atomic mass is 10.1. The number of halogens is 1. The Labute approximate surface area is 135 Å². The molecule has 0 saturated heterocycles. The first kappa shape index (κ1) is 15.4. The van der Waals surface area contributed by atoms with Gasteiger partial charge >= 0.3 is 0 Å². The number of fused-ring (bicyclic) bond motifs is 1. The number of likely N-dealkylation sites (N-methyl/N-ethyl adjacent to an activating group) is 1. The molecule has 2 aromatic heterocycles. The van der Waals surface area contributed by atoms with Gasteiger partial charge in [-0.3, -0.25) is 9.59 Å². The van der Waals surface area contributed by atoms with Crippen LogP contribution in [0.2, 0.25) is 0 Å². The van der Waals surface area contributed by atoms with Crippen LogP contribution in [0.1, 0.15) is 11.4 Å². The van der Waals surface area contributed by atoms with E-state index in [1.807, 2.05) is 0 Å². The van der Waals surface area contributed by atoms with Crippen molar-refractivity contribution in [2.24, 2.45) is 0 Å². The zero-order valence-corrected chi connectivity index (χ0v) is 13.2. The first-order valence-corrected chi connectivity index (χ1v) is 7.86. The number of nitrogens with zero attached hydrogens (tertiary/aromatic N) is 2. The Bertz CT molecular complexity index is 919. The standard InChI is InChI=1S/C16H14FN3O2S/c1-20(14(21)8-10-3-2-4-11(17)7-10)9-13-18-12-5-6-23-15(12)16(22)19-13/h2-7H,8-9H2,1H3,(H,18,19,22). The normalized spacial score (nSPS) is 10.9. The second kappa shape index (κ2) is 6.29. The van der Waals surface area contributed by atoms with Gasteiger partial charge in [0.25, 0.3) is 5.56 Å². The Morgan fingerprint density at radius 2 is 2.22 bits per heavy atom. The SMILES string of the molecule is CN(Cc1nc2ccsc2c(=O)[nH]1)C(=O)Cc1cccc(F)c1. The van der Waals surface area contributed by atoms with Crippen molar-refractivity contribution in [3.05, 3.63) is 63.3 Å². The molecule has 7 heteroatoms. The van der Waals surface area contributed by atoms with Gasteiger partial charge in [-0.05, 0) is 29.1 Å². The van der Waals surface area contributed by atoms with Gasteiger partial charge in [0.05, 0.1) is 18.5 Å². The molecular formula is C16H14FN3O2S. The highest BCUT2D eigenvalue weighted by Gasteiger charge is 2.13. The maximum Gasteiger partial charge on any atom is 0.268 e. The number of aromatic nitrogens is 2. The molecule has 0 radical (unpaired) electrons. The Hall–Kier alpha value is -2.54. The second-order valence-corrected chi connectivity index (χ2v) is 6.12. The van der Waals surface area contributed by atoms with E-state index < -0.39 is 0 Å². The molecule has 0 fully saturated rings. The van der Waals surface area contributed by atoms with Crippen LogP contribution >= 0.6 is 11.3 Å². The van der Waals surface area contributed by atoms with Crippen LogP contribution < -0.4 is 5.56 Å². The molecule has 0 unspecified atom stereocenters. The molecule has 0 aliphatic heterocycles. The van der Waals surface area contributed by atoms with E-state index in [2.05, 4.69) is 9.97 Å². The number of carbonyl (C=O) groups excluding carboxylic acids is 1. The molecule has 0 aliphatic rings. The average molecular weight is 331 g/mol. The predicted molar refractivity (Wildman–Crippen MR) is 86.8 cm³/mol. The van der Waals surface area contributed by atoms with Crippen molar-refractivity contribution in [3.8, 4) is 0 Å². The minimum Gasteiger partial charge on any atom is -0.338 e. The number of thiophene rings is 1. The predicted octanol–water partition coefficient (Wildman–Crippen LogP) is 2.32. The molecule has 23 heavy (non-hydrogen) atoms. The fourth-order valence-corrected chi connectivity index (χ4v) is 2.99. The van der Waals surface area contributed by atoms with Crippen molar-refractivity contribution in [2.75, 3.05) is 7.05 Å².